The molecule has 6 heterocycles. The Morgan fingerprint density at radius 1 is 0.190 bits per heavy atom. The second-order valence-electron chi connectivity index (χ2n) is 44.8. The first-order valence-electron chi connectivity index (χ1n) is 50.8. The Labute approximate surface area is 783 Å². The van der Waals surface area contributed by atoms with Gasteiger partial charge in [0.2, 0.25) is 82.2 Å². The molecule has 12 rings (SSSR count). The standard InChI is InChI=1S/C22H32B2N2.C20H28B2N2.C18H24B2N2.C16H36B2N2.C14H32B2N2.C12H28B2N2/c1-3-15-23-19-26(18-22-13-9-6-10-14-22)24(16-4-2)20-25(23)17-21-11-7-5-8-12-21;1-3-21-17-24(16-20-13-9-6-10-14-20)22(4-2)18-23(21)15-19-11-7-5-8-12-19;1-19-15-22(14-18-11-7-4-8-12-18)20(2)16-21(19)13-17-9-5-3-6-10-17;1-9-11-17-13-20(16(6,7)8)18(12-10-2)14-19(17)15(3,4)5;1-9-15-11-18(14(6,7)8)16(10-2)12-17(15)13(3,4)5;1-11(2,3)15-9-14(8)16(10-13(15)7)12(4,5)6/h5-14H,3-4,15-20H2,1-2H3;5-14H,3-4,15-18H2,1-2H3;3-12H,13-16H2,1-2H3;9-14H2,1-8H3;9-12H2,1-8H3;9-10H2,1-8H3. The zero-order valence-corrected chi connectivity index (χ0v) is 86.8. The predicted octanol–water partition coefficient (Wildman–Crippen LogP) is 22.2. The fourth-order valence-electron chi connectivity index (χ4n) is 21.6. The summed E-state index contributed by atoms with van der Waals surface area (Å²) in [6.45, 7) is 84.8. The van der Waals surface area contributed by atoms with Crippen LogP contribution in [0.2, 0.25) is 77.9 Å². The van der Waals surface area contributed by atoms with Crippen molar-refractivity contribution in [3.63, 3.8) is 0 Å². The van der Waals surface area contributed by atoms with Gasteiger partial charge in [0.25, 0.3) is 0 Å². The summed E-state index contributed by atoms with van der Waals surface area (Å²) in [5, 5.41) is 0. The van der Waals surface area contributed by atoms with E-state index in [9.17, 15) is 0 Å². The van der Waals surface area contributed by atoms with E-state index in [0.29, 0.717) is 82.2 Å². The zero-order chi connectivity index (χ0) is 92.7. The van der Waals surface area contributed by atoms with Gasteiger partial charge in [-0.2, -0.15) is 0 Å². The van der Waals surface area contributed by atoms with Crippen molar-refractivity contribution in [2.45, 2.75) is 356 Å². The third kappa shape index (κ3) is 34.9. The van der Waals surface area contributed by atoms with E-state index in [0.717, 1.165) is 52.2 Å². The summed E-state index contributed by atoms with van der Waals surface area (Å²) in [4.78, 5) is 32.4. The summed E-state index contributed by atoms with van der Waals surface area (Å²) in [6.07, 6.45) is 29.5. The molecule has 0 bridgehead atoms. The molecule has 6 aliphatic rings. The molecular formula is C102H180B12N12. The van der Waals surface area contributed by atoms with Crippen LogP contribution in [0.4, 0.5) is 0 Å². The maximum Gasteiger partial charge on any atom is 0.236 e. The molecule has 24 heteroatoms. The van der Waals surface area contributed by atoms with Gasteiger partial charge in [-0.05, 0) is 235 Å². The average Bonchev–Trinajstić information content (AvgIpc) is 0.786. The smallest absolute Gasteiger partial charge is 0.236 e. The van der Waals surface area contributed by atoms with Crippen LogP contribution in [0.15, 0.2) is 182 Å². The molecule has 0 atom stereocenters. The van der Waals surface area contributed by atoms with E-state index in [4.69, 9.17) is 0 Å². The van der Waals surface area contributed by atoms with E-state index in [1.807, 2.05) is 0 Å². The zero-order valence-electron chi connectivity index (χ0n) is 86.8. The SMILES string of the molecule is CB1CN(C(C)(C)C)B(C)CN1C(C)(C)C.CB1CN(Cc2ccccc2)B(C)CN1Cc1ccccc1.CCB1CN(C(C)(C)C)B(CC)CN1C(C)(C)C.CCB1CN(Cc2ccccc2)B(CC)CN1Cc1ccccc1.CCCB1CN(C(C)(C)C)B(CCC)CN1C(C)(C)C.CCCB1CN(Cc2ccccc2)B(CCC)CN1Cc1ccccc1. The average molecular weight is 1700 g/mol. The first-order valence-corrected chi connectivity index (χ1v) is 50.8. The monoisotopic (exact) mass is 1710 g/mol. The molecule has 12 nitrogen and oxygen atoms in total. The summed E-state index contributed by atoms with van der Waals surface area (Å²) in [5.41, 5.74) is 10.3. The van der Waals surface area contributed by atoms with Crippen molar-refractivity contribution >= 4 is 82.2 Å². The molecule has 0 unspecified atom stereocenters. The highest BCUT2D eigenvalue weighted by molar-refractivity contribution is 6.69. The van der Waals surface area contributed by atoms with Crippen LogP contribution in [0.1, 0.15) is 239 Å². The van der Waals surface area contributed by atoms with Gasteiger partial charge < -0.3 is 57.7 Å². The lowest BCUT2D eigenvalue weighted by atomic mass is 9.42. The minimum Gasteiger partial charge on any atom is -0.342 e. The van der Waals surface area contributed by atoms with E-state index in [-0.39, 0.29) is 33.2 Å². The molecule has 0 spiro atoms. The normalized spacial score (nSPS) is 18.3. The molecule has 0 amide bonds. The Bertz CT molecular complexity index is 3630. The van der Waals surface area contributed by atoms with Crippen LogP contribution >= 0.6 is 0 Å². The second kappa shape index (κ2) is 52.3. The number of hydrogen-bond donors (Lipinski definition) is 0. The molecule has 0 saturated carbocycles. The van der Waals surface area contributed by atoms with E-state index >= 15 is 0 Å². The maximum absolute atomic E-state index is 2.78. The molecule has 126 heavy (non-hydrogen) atoms. The molecule has 6 aromatic rings. The lowest BCUT2D eigenvalue weighted by Crippen LogP contribution is -2.70. The van der Waals surface area contributed by atoms with Gasteiger partial charge >= 0.3 is 0 Å². The molecule has 0 N–H and O–H groups in total. The predicted molar refractivity (Wildman–Crippen MR) is 575 cm³/mol. The maximum atomic E-state index is 2.78. The molecule has 684 valence electrons. The molecule has 6 saturated heterocycles. The van der Waals surface area contributed by atoms with E-state index in [2.05, 4.69) is 447 Å². The summed E-state index contributed by atoms with van der Waals surface area (Å²) in [5.74, 6) is 0. The first kappa shape index (κ1) is 109. The second-order valence-corrected chi connectivity index (χ2v) is 44.8. The van der Waals surface area contributed by atoms with Gasteiger partial charge in [0.15, 0.2) is 0 Å². The fourth-order valence-corrected chi connectivity index (χ4v) is 21.6. The summed E-state index contributed by atoms with van der Waals surface area (Å²) < 4.78 is 0. The summed E-state index contributed by atoms with van der Waals surface area (Å²) >= 11 is 0. The molecule has 6 aromatic carbocycles. The number of benzene rings is 6. The van der Waals surface area contributed by atoms with Crippen molar-refractivity contribution in [1.29, 1.82) is 0 Å². The molecule has 0 aliphatic carbocycles. The molecule has 0 aromatic heterocycles. The highest BCUT2D eigenvalue weighted by atomic mass is 15.3. The van der Waals surface area contributed by atoms with Gasteiger partial charge in [-0.1, -0.05) is 341 Å². The van der Waals surface area contributed by atoms with Crippen molar-refractivity contribution < 1.29 is 0 Å². The first-order chi connectivity index (χ1) is 59.6. The molecular weight excluding hydrogens is 1520 g/mol. The van der Waals surface area contributed by atoms with Crippen LogP contribution in [0.3, 0.4) is 0 Å². The Hall–Kier alpha value is -4.38. The number of hydrogen-bond acceptors (Lipinski definition) is 12. The van der Waals surface area contributed by atoms with Crippen molar-refractivity contribution in [2.75, 3.05) is 77.3 Å². The van der Waals surface area contributed by atoms with Crippen LogP contribution < -0.4 is 0 Å². The highest BCUT2D eigenvalue weighted by Gasteiger charge is 2.48. The minimum absolute atomic E-state index is 0.288. The Morgan fingerprint density at radius 2 is 0.373 bits per heavy atom. The highest BCUT2D eigenvalue weighted by Crippen LogP contribution is 2.34. The van der Waals surface area contributed by atoms with E-state index < -0.39 is 0 Å². The summed E-state index contributed by atoms with van der Waals surface area (Å²) in [7, 11) is 0. The fraction of sp³-hybridized carbons (Fsp3) is 0.647. The quantitative estimate of drug-likeness (QED) is 0.0542. The topological polar surface area (TPSA) is 38.9 Å². The van der Waals surface area contributed by atoms with Gasteiger partial charge in [0.1, 0.15) is 0 Å². The van der Waals surface area contributed by atoms with Crippen molar-refractivity contribution in [3.05, 3.63) is 215 Å². The largest absolute Gasteiger partial charge is 0.342 e. The van der Waals surface area contributed by atoms with Gasteiger partial charge in [-0.3, -0.25) is 0 Å². The summed E-state index contributed by atoms with van der Waals surface area (Å²) in [6, 6.07) is 65.5. The lowest BCUT2D eigenvalue weighted by molar-refractivity contribution is 0.208. The Balaban J connectivity index is 0.000000209. The van der Waals surface area contributed by atoms with E-state index in [1.165, 1.54) is 174 Å². The van der Waals surface area contributed by atoms with Gasteiger partial charge in [0, 0.05) is 72.5 Å². The van der Waals surface area contributed by atoms with Crippen LogP contribution in [0, 0.1) is 0 Å². The number of rotatable bonds is 24. The Morgan fingerprint density at radius 3 is 0.579 bits per heavy atom. The van der Waals surface area contributed by atoms with Gasteiger partial charge in [-0.15, -0.1) is 0 Å². The van der Waals surface area contributed by atoms with Crippen LogP contribution in [0.25, 0.3) is 0 Å². The van der Waals surface area contributed by atoms with Crippen LogP contribution in [0.5, 0.6) is 0 Å². The molecule has 6 aliphatic heterocycles. The molecule has 0 radical (unpaired) electrons. The third-order valence-electron chi connectivity index (χ3n) is 28.4. The van der Waals surface area contributed by atoms with E-state index in [1.54, 1.807) is 0 Å². The van der Waals surface area contributed by atoms with Gasteiger partial charge in [0.05, 0.1) is 0 Å². The van der Waals surface area contributed by atoms with Gasteiger partial charge in [-0.25, -0.2) is 0 Å². The third-order valence-corrected chi connectivity index (χ3v) is 28.4. The minimum atomic E-state index is 0.288. The van der Waals surface area contributed by atoms with Crippen LogP contribution in [-0.4, -0.2) is 250 Å². The Kier molecular flexibility index (Phi) is 45.1. The molecule has 6 fully saturated rings. The van der Waals surface area contributed by atoms with Crippen molar-refractivity contribution in [2.24, 2.45) is 0 Å². The van der Waals surface area contributed by atoms with Crippen molar-refractivity contribution in [3.8, 4) is 0 Å². The lowest BCUT2D eigenvalue weighted by Gasteiger charge is -2.53. The number of nitrogens with zero attached hydrogens (tertiary/aromatic N) is 12. The van der Waals surface area contributed by atoms with Crippen molar-refractivity contribution in [1.82, 2.24) is 57.7 Å². The van der Waals surface area contributed by atoms with Crippen LogP contribution in [-0.2, 0) is 39.3 Å².